The van der Waals surface area contributed by atoms with E-state index >= 15 is 0 Å². The second-order valence-electron chi connectivity index (χ2n) is 6.54. The summed E-state index contributed by atoms with van der Waals surface area (Å²) in [5.74, 6) is -0.191. The number of benzene rings is 2. The van der Waals surface area contributed by atoms with Gasteiger partial charge in [0.25, 0.3) is 0 Å². The number of alkyl halides is 3. The van der Waals surface area contributed by atoms with Gasteiger partial charge in [0.2, 0.25) is 11.9 Å². The van der Waals surface area contributed by atoms with Crippen molar-refractivity contribution >= 4 is 34.7 Å². The Morgan fingerprint density at radius 2 is 1.67 bits per heavy atom. The van der Waals surface area contributed by atoms with Gasteiger partial charge >= 0.3 is 6.18 Å². The minimum absolute atomic E-state index is 0.103. The third kappa shape index (κ3) is 5.91. The van der Waals surface area contributed by atoms with Crippen LogP contribution in [0.1, 0.15) is 5.56 Å². The first-order valence-corrected chi connectivity index (χ1v) is 9.47. The summed E-state index contributed by atoms with van der Waals surface area (Å²) < 4.78 is 51.2. The van der Waals surface area contributed by atoms with Crippen LogP contribution < -0.4 is 25.4 Å². The third-order valence-corrected chi connectivity index (χ3v) is 4.33. The van der Waals surface area contributed by atoms with Crippen molar-refractivity contribution in [3.05, 3.63) is 66.9 Å². The second-order valence-corrected chi connectivity index (χ2v) is 6.54. The Hall–Kier alpha value is -4.28. The maximum Gasteiger partial charge on any atom is 0.421 e. The smallest absolute Gasteiger partial charge is 0.421 e. The van der Waals surface area contributed by atoms with E-state index in [2.05, 4.69) is 32.5 Å². The van der Waals surface area contributed by atoms with Crippen LogP contribution in [0.3, 0.4) is 0 Å². The van der Waals surface area contributed by atoms with Gasteiger partial charge < -0.3 is 25.4 Å². The molecule has 0 atom stereocenters. The summed E-state index contributed by atoms with van der Waals surface area (Å²) in [7, 11) is 2.94. The molecule has 1 aromatic heterocycles. The average molecular weight is 459 g/mol. The molecule has 0 bridgehead atoms. The summed E-state index contributed by atoms with van der Waals surface area (Å²) in [4.78, 5) is 19.5. The Labute approximate surface area is 187 Å². The molecule has 33 heavy (non-hydrogen) atoms. The molecule has 0 spiro atoms. The lowest BCUT2D eigenvalue weighted by Crippen LogP contribution is -2.14. The fraction of sp³-hybridized carbons (Fsp3) is 0.136. The van der Waals surface area contributed by atoms with Crippen LogP contribution in [0.2, 0.25) is 0 Å². The van der Waals surface area contributed by atoms with Crippen molar-refractivity contribution in [1.29, 1.82) is 0 Å². The van der Waals surface area contributed by atoms with E-state index in [4.69, 9.17) is 9.47 Å². The van der Waals surface area contributed by atoms with Gasteiger partial charge in [-0.15, -0.1) is 0 Å². The molecule has 11 heteroatoms. The number of ether oxygens (including phenoxy) is 2. The normalized spacial score (nSPS) is 10.8. The van der Waals surface area contributed by atoms with Crippen LogP contribution >= 0.6 is 0 Å². The summed E-state index contributed by atoms with van der Waals surface area (Å²) in [5.41, 5.74) is -0.191. The van der Waals surface area contributed by atoms with Crippen molar-refractivity contribution in [2.75, 3.05) is 30.2 Å². The molecule has 1 amide bonds. The maximum absolute atomic E-state index is 13.6. The third-order valence-electron chi connectivity index (χ3n) is 4.33. The van der Waals surface area contributed by atoms with Crippen molar-refractivity contribution in [2.45, 2.75) is 6.18 Å². The highest BCUT2D eigenvalue weighted by Gasteiger charge is 2.35. The summed E-state index contributed by atoms with van der Waals surface area (Å²) in [6.45, 7) is 3.36. The molecule has 0 unspecified atom stereocenters. The van der Waals surface area contributed by atoms with E-state index in [1.165, 1.54) is 26.4 Å². The lowest BCUT2D eigenvalue weighted by atomic mass is 10.2. The number of amides is 1. The number of nitrogens with zero attached hydrogens (tertiary/aromatic N) is 2. The number of carbonyl (C=O) groups excluding carboxylic acids is 1. The van der Waals surface area contributed by atoms with Gasteiger partial charge in [0.1, 0.15) is 22.9 Å². The molecule has 0 saturated heterocycles. The monoisotopic (exact) mass is 459 g/mol. The number of nitrogens with one attached hydrogen (secondary N) is 3. The SMILES string of the molecule is C=CC(=O)Nc1ccccc1Nc1nc(Nc2cc(OC)cc(OC)c2)ncc1C(F)(F)F. The van der Waals surface area contributed by atoms with Crippen molar-refractivity contribution in [3.8, 4) is 11.5 Å². The topological polar surface area (TPSA) is 97.4 Å². The van der Waals surface area contributed by atoms with E-state index in [9.17, 15) is 18.0 Å². The molecular weight excluding hydrogens is 439 g/mol. The van der Waals surface area contributed by atoms with E-state index < -0.39 is 23.5 Å². The Morgan fingerprint density at radius 1 is 1.03 bits per heavy atom. The average Bonchev–Trinajstić information content (AvgIpc) is 2.79. The molecule has 0 fully saturated rings. The minimum atomic E-state index is -4.72. The summed E-state index contributed by atoms with van der Waals surface area (Å²) in [5, 5.41) is 8.01. The predicted molar refractivity (Wildman–Crippen MR) is 118 cm³/mol. The van der Waals surface area contributed by atoms with E-state index in [1.807, 2.05) is 0 Å². The Bertz CT molecular complexity index is 1150. The number of aromatic nitrogens is 2. The van der Waals surface area contributed by atoms with Crippen LogP contribution in [0.4, 0.5) is 42.0 Å². The Balaban J connectivity index is 1.99. The number of anilines is 5. The van der Waals surface area contributed by atoms with Crippen LogP contribution in [0.15, 0.2) is 61.3 Å². The van der Waals surface area contributed by atoms with Crippen LogP contribution in [-0.4, -0.2) is 30.1 Å². The minimum Gasteiger partial charge on any atom is -0.497 e. The molecule has 3 rings (SSSR count). The molecule has 0 aliphatic rings. The van der Waals surface area contributed by atoms with Gasteiger partial charge in [-0.2, -0.15) is 18.2 Å². The van der Waals surface area contributed by atoms with Crippen molar-refractivity contribution < 1.29 is 27.4 Å². The fourth-order valence-corrected chi connectivity index (χ4v) is 2.77. The molecular formula is C22H20F3N5O3. The van der Waals surface area contributed by atoms with Crippen molar-refractivity contribution in [3.63, 3.8) is 0 Å². The van der Waals surface area contributed by atoms with Crippen LogP contribution in [-0.2, 0) is 11.0 Å². The van der Waals surface area contributed by atoms with E-state index in [1.54, 1.807) is 30.3 Å². The van der Waals surface area contributed by atoms with Crippen molar-refractivity contribution in [1.82, 2.24) is 9.97 Å². The second kappa shape index (κ2) is 9.90. The number of halogens is 3. The molecule has 0 aliphatic carbocycles. The van der Waals surface area contributed by atoms with Gasteiger partial charge in [0.15, 0.2) is 0 Å². The number of rotatable bonds is 8. The number of methoxy groups -OCH3 is 2. The van der Waals surface area contributed by atoms with E-state index in [-0.39, 0.29) is 17.3 Å². The Morgan fingerprint density at radius 3 is 2.24 bits per heavy atom. The fourth-order valence-electron chi connectivity index (χ4n) is 2.77. The number of para-hydroxylation sites is 2. The molecule has 1 heterocycles. The molecule has 0 saturated carbocycles. The van der Waals surface area contributed by atoms with Gasteiger partial charge in [-0.3, -0.25) is 4.79 Å². The van der Waals surface area contributed by atoms with Crippen LogP contribution in [0.25, 0.3) is 0 Å². The molecule has 2 aromatic carbocycles. The van der Waals surface area contributed by atoms with Gasteiger partial charge in [-0.25, -0.2) is 4.98 Å². The predicted octanol–water partition coefficient (Wildman–Crippen LogP) is 5.12. The molecule has 172 valence electrons. The highest BCUT2D eigenvalue weighted by Crippen LogP contribution is 2.37. The largest absolute Gasteiger partial charge is 0.497 e. The number of carbonyl (C=O) groups is 1. The molecule has 0 aliphatic heterocycles. The highest BCUT2D eigenvalue weighted by molar-refractivity contribution is 6.01. The first-order valence-electron chi connectivity index (χ1n) is 9.47. The first kappa shape index (κ1) is 23.4. The van der Waals surface area contributed by atoms with E-state index in [0.717, 1.165) is 6.08 Å². The van der Waals surface area contributed by atoms with Gasteiger partial charge in [-0.1, -0.05) is 18.7 Å². The zero-order valence-corrected chi connectivity index (χ0v) is 17.7. The molecule has 8 nitrogen and oxygen atoms in total. The molecule has 3 N–H and O–H groups in total. The first-order chi connectivity index (χ1) is 15.7. The summed E-state index contributed by atoms with van der Waals surface area (Å²) in [6, 6.07) is 11.1. The van der Waals surface area contributed by atoms with Crippen molar-refractivity contribution in [2.24, 2.45) is 0 Å². The van der Waals surface area contributed by atoms with Gasteiger partial charge in [0.05, 0.1) is 25.6 Å². The molecule has 0 radical (unpaired) electrons. The lowest BCUT2D eigenvalue weighted by molar-refractivity contribution is -0.137. The zero-order valence-electron chi connectivity index (χ0n) is 17.7. The maximum atomic E-state index is 13.6. The lowest BCUT2D eigenvalue weighted by Gasteiger charge is -2.17. The zero-order chi connectivity index (χ0) is 24.0. The van der Waals surface area contributed by atoms with Crippen LogP contribution in [0, 0.1) is 0 Å². The highest BCUT2D eigenvalue weighted by atomic mass is 19.4. The molecule has 3 aromatic rings. The Kier molecular flexibility index (Phi) is 7.01. The van der Waals surface area contributed by atoms with Crippen LogP contribution in [0.5, 0.6) is 11.5 Å². The number of hydrogen-bond acceptors (Lipinski definition) is 7. The van der Waals surface area contributed by atoms with Gasteiger partial charge in [0, 0.05) is 30.1 Å². The quantitative estimate of drug-likeness (QED) is 0.402. The summed E-state index contributed by atoms with van der Waals surface area (Å²) in [6.07, 6.45) is -3.01. The standard InChI is InChI=1S/C22H20F3N5O3/c1-4-19(31)28-17-7-5-6-8-18(17)29-20-16(22(23,24)25)12-26-21(30-20)27-13-9-14(32-2)11-15(10-13)33-3/h4-12H,1H2,2-3H3,(H,28,31)(H2,26,27,29,30). The number of hydrogen-bond donors (Lipinski definition) is 3. The van der Waals surface area contributed by atoms with E-state index in [0.29, 0.717) is 23.4 Å². The van der Waals surface area contributed by atoms with Gasteiger partial charge in [-0.05, 0) is 18.2 Å². The summed E-state index contributed by atoms with van der Waals surface area (Å²) >= 11 is 0.